The molecule has 7 nitrogen and oxygen atoms in total. The smallest absolute Gasteiger partial charge is 0.262 e. The summed E-state index contributed by atoms with van der Waals surface area (Å²) in [6.45, 7) is 3.17. The minimum absolute atomic E-state index is 0.168. The molecule has 1 fully saturated rings. The lowest BCUT2D eigenvalue weighted by molar-refractivity contribution is 0.349. The first-order valence-corrected chi connectivity index (χ1v) is 9.51. The van der Waals surface area contributed by atoms with E-state index in [1.54, 1.807) is 6.20 Å². The minimum Gasteiger partial charge on any atom is -0.361 e. The van der Waals surface area contributed by atoms with Crippen LogP contribution >= 0.6 is 0 Å². The quantitative estimate of drug-likeness (QED) is 0.857. The maximum atomic E-state index is 13.0. The van der Waals surface area contributed by atoms with Crippen LogP contribution in [0.2, 0.25) is 0 Å². The second-order valence-corrected chi connectivity index (χ2v) is 8.12. The van der Waals surface area contributed by atoms with Gasteiger partial charge in [-0.2, -0.15) is 4.31 Å². The molecule has 0 radical (unpaired) electrons. The van der Waals surface area contributed by atoms with Crippen LogP contribution in [0.25, 0.3) is 0 Å². The third-order valence-corrected chi connectivity index (χ3v) is 6.43. The fraction of sp³-hybridized carbons (Fsp3) is 0.600. The van der Waals surface area contributed by atoms with Gasteiger partial charge in [0.1, 0.15) is 17.3 Å². The van der Waals surface area contributed by atoms with Gasteiger partial charge in [0.05, 0.1) is 6.04 Å². The van der Waals surface area contributed by atoms with Crippen LogP contribution < -0.4 is 0 Å². The van der Waals surface area contributed by atoms with Crippen molar-refractivity contribution in [3.05, 3.63) is 29.5 Å². The van der Waals surface area contributed by atoms with E-state index in [0.29, 0.717) is 18.0 Å². The highest BCUT2D eigenvalue weighted by atomic mass is 32.2. The summed E-state index contributed by atoms with van der Waals surface area (Å²) in [7, 11) is -3.60. The van der Waals surface area contributed by atoms with E-state index in [-0.39, 0.29) is 11.1 Å². The second kappa shape index (κ2) is 5.45. The molecule has 23 heavy (non-hydrogen) atoms. The largest absolute Gasteiger partial charge is 0.361 e. The maximum Gasteiger partial charge on any atom is 0.262 e. The second-order valence-electron chi connectivity index (χ2n) is 6.28. The van der Waals surface area contributed by atoms with Crippen molar-refractivity contribution < 1.29 is 12.9 Å². The summed E-state index contributed by atoms with van der Waals surface area (Å²) < 4.78 is 34.7. The highest BCUT2D eigenvalue weighted by Crippen LogP contribution is 2.36. The molecule has 0 amide bonds. The molecular weight excluding hydrogens is 316 g/mol. The molecule has 0 spiro atoms. The highest BCUT2D eigenvalue weighted by Gasteiger charge is 2.39. The van der Waals surface area contributed by atoms with E-state index in [9.17, 15) is 8.42 Å². The predicted octanol–water partition coefficient (Wildman–Crippen LogP) is 2.04. The molecule has 4 heterocycles. The molecule has 2 aliphatic heterocycles. The van der Waals surface area contributed by atoms with Crippen molar-refractivity contribution in [2.75, 3.05) is 6.54 Å². The molecule has 2 aliphatic rings. The van der Waals surface area contributed by atoms with Crippen molar-refractivity contribution in [2.45, 2.75) is 56.6 Å². The number of hydrogen-bond donors (Lipinski definition) is 0. The lowest BCUT2D eigenvalue weighted by Crippen LogP contribution is -2.31. The fourth-order valence-corrected chi connectivity index (χ4v) is 5.14. The van der Waals surface area contributed by atoms with Crippen LogP contribution in [0.4, 0.5) is 0 Å². The van der Waals surface area contributed by atoms with Crippen LogP contribution in [-0.2, 0) is 23.0 Å². The zero-order valence-corrected chi connectivity index (χ0v) is 13.9. The Kier molecular flexibility index (Phi) is 3.53. The number of nitrogens with zero attached hydrogens (tertiary/aromatic N) is 4. The third-order valence-electron chi connectivity index (χ3n) is 4.65. The van der Waals surface area contributed by atoms with Crippen LogP contribution in [0, 0.1) is 6.92 Å². The standard InChI is InChI=1S/C15H20N4O3S/c1-11-9-12(17-22-11)13-5-4-8-19(13)23(20,21)15-10-18-7-3-2-6-14(18)16-15/h9-10,13H,2-8H2,1H3. The van der Waals surface area contributed by atoms with Crippen LogP contribution in [0.15, 0.2) is 21.8 Å². The normalized spacial score (nSPS) is 22.4. The Hall–Kier alpha value is -1.67. The molecule has 2 aromatic heterocycles. The molecule has 0 aliphatic carbocycles. The van der Waals surface area contributed by atoms with Crippen molar-refractivity contribution in [1.29, 1.82) is 0 Å². The number of aryl methyl sites for hydroxylation is 3. The van der Waals surface area contributed by atoms with Gasteiger partial charge in [0.15, 0.2) is 5.03 Å². The molecule has 0 N–H and O–H groups in total. The van der Waals surface area contributed by atoms with E-state index >= 15 is 0 Å². The van der Waals surface area contributed by atoms with E-state index in [1.807, 2.05) is 17.6 Å². The molecule has 4 rings (SSSR count). The van der Waals surface area contributed by atoms with E-state index in [1.165, 1.54) is 4.31 Å². The summed E-state index contributed by atoms with van der Waals surface area (Å²) in [6.07, 6.45) is 6.27. The van der Waals surface area contributed by atoms with Gasteiger partial charge in [-0.15, -0.1) is 0 Å². The highest BCUT2D eigenvalue weighted by molar-refractivity contribution is 7.89. The fourth-order valence-electron chi connectivity index (χ4n) is 3.50. The monoisotopic (exact) mass is 336 g/mol. The lowest BCUT2D eigenvalue weighted by atomic mass is 10.1. The van der Waals surface area contributed by atoms with E-state index < -0.39 is 10.0 Å². The Labute approximate surface area is 135 Å². The Morgan fingerprint density at radius 2 is 2.13 bits per heavy atom. The zero-order valence-electron chi connectivity index (χ0n) is 13.1. The number of imidazole rings is 1. The molecule has 1 unspecified atom stereocenters. The van der Waals surface area contributed by atoms with Crippen molar-refractivity contribution in [1.82, 2.24) is 19.0 Å². The Morgan fingerprint density at radius 3 is 2.87 bits per heavy atom. The number of hydrogen-bond acceptors (Lipinski definition) is 5. The number of sulfonamides is 1. The maximum absolute atomic E-state index is 13.0. The van der Waals surface area contributed by atoms with Gasteiger partial charge in [0, 0.05) is 31.8 Å². The Morgan fingerprint density at radius 1 is 1.26 bits per heavy atom. The van der Waals surface area contributed by atoms with E-state index in [4.69, 9.17) is 4.52 Å². The summed E-state index contributed by atoms with van der Waals surface area (Å²) in [6, 6.07) is 1.56. The average molecular weight is 336 g/mol. The van der Waals surface area contributed by atoms with Crippen molar-refractivity contribution in [3.63, 3.8) is 0 Å². The molecule has 0 saturated carbocycles. The molecular formula is C15H20N4O3S. The average Bonchev–Trinajstić information content (AvgIpc) is 3.25. The summed E-state index contributed by atoms with van der Waals surface area (Å²) in [4.78, 5) is 4.39. The minimum atomic E-state index is -3.60. The number of aromatic nitrogens is 3. The van der Waals surface area contributed by atoms with Gasteiger partial charge in [-0.3, -0.25) is 0 Å². The lowest BCUT2D eigenvalue weighted by Gasteiger charge is -2.21. The van der Waals surface area contributed by atoms with Gasteiger partial charge in [-0.25, -0.2) is 13.4 Å². The van der Waals surface area contributed by atoms with E-state index in [2.05, 4.69) is 10.1 Å². The predicted molar refractivity (Wildman–Crippen MR) is 82.3 cm³/mol. The van der Waals surface area contributed by atoms with Gasteiger partial charge in [0.2, 0.25) is 0 Å². The SMILES string of the molecule is Cc1cc(C2CCCN2S(=O)(=O)c2cn3c(n2)CCCC3)no1. The first-order chi connectivity index (χ1) is 11.1. The van der Waals surface area contributed by atoms with Crippen LogP contribution in [0.3, 0.4) is 0 Å². The molecule has 124 valence electrons. The van der Waals surface area contributed by atoms with Crippen LogP contribution in [0.5, 0.6) is 0 Å². The zero-order chi connectivity index (χ0) is 16.0. The number of rotatable bonds is 3. The van der Waals surface area contributed by atoms with Crippen molar-refractivity contribution in [3.8, 4) is 0 Å². The first-order valence-electron chi connectivity index (χ1n) is 8.07. The third kappa shape index (κ3) is 2.49. The Bertz CT molecular complexity index is 800. The van der Waals surface area contributed by atoms with E-state index in [0.717, 1.165) is 44.5 Å². The molecule has 0 bridgehead atoms. The van der Waals surface area contributed by atoms with Crippen LogP contribution in [-0.4, -0.2) is 34.0 Å². The van der Waals surface area contributed by atoms with Crippen LogP contribution in [0.1, 0.15) is 49.0 Å². The van der Waals surface area contributed by atoms with Crippen molar-refractivity contribution >= 4 is 10.0 Å². The summed E-state index contributed by atoms with van der Waals surface area (Å²) >= 11 is 0. The van der Waals surface area contributed by atoms with Gasteiger partial charge in [0.25, 0.3) is 10.0 Å². The molecule has 1 saturated heterocycles. The number of fused-ring (bicyclic) bond motifs is 1. The Balaban J connectivity index is 1.68. The summed E-state index contributed by atoms with van der Waals surface area (Å²) in [5, 5.41) is 4.18. The summed E-state index contributed by atoms with van der Waals surface area (Å²) in [5.41, 5.74) is 0.688. The molecule has 8 heteroatoms. The molecule has 2 aromatic rings. The van der Waals surface area contributed by atoms with Gasteiger partial charge >= 0.3 is 0 Å². The topological polar surface area (TPSA) is 81.2 Å². The molecule has 0 aromatic carbocycles. The van der Waals surface area contributed by atoms with Gasteiger partial charge in [-0.05, 0) is 32.6 Å². The summed E-state index contributed by atoms with van der Waals surface area (Å²) in [5.74, 6) is 1.57. The van der Waals surface area contributed by atoms with Gasteiger partial charge in [-0.1, -0.05) is 5.16 Å². The van der Waals surface area contributed by atoms with Crippen molar-refractivity contribution in [2.24, 2.45) is 0 Å². The molecule has 1 atom stereocenters. The van der Waals surface area contributed by atoms with Gasteiger partial charge < -0.3 is 9.09 Å². The first kappa shape index (κ1) is 14.9.